The fraction of sp³-hybridized carbons (Fsp3) is 0.312. The van der Waals surface area contributed by atoms with Gasteiger partial charge >= 0.3 is 12.4 Å². The molecule has 1 saturated carbocycles. The van der Waals surface area contributed by atoms with E-state index < -0.39 is 43.2 Å². The molecule has 0 bridgehead atoms. The molecule has 0 atom stereocenters. The molecule has 76 heavy (non-hydrogen) atoms. The molecule has 0 saturated heterocycles. The monoisotopic (exact) mass is 1160 g/mol. The molecule has 8 aromatic rings. The Labute approximate surface area is 441 Å². The number of alkyl halides is 6. The van der Waals surface area contributed by atoms with Crippen LogP contribution in [0, 0.1) is 0 Å². The van der Waals surface area contributed by atoms with Crippen LogP contribution in [0.3, 0.4) is 0 Å². The molecule has 1 aliphatic rings. The highest BCUT2D eigenvalue weighted by molar-refractivity contribution is 9.10. The van der Waals surface area contributed by atoms with E-state index in [9.17, 15) is 43.2 Å². The number of sulfone groups is 2. The van der Waals surface area contributed by atoms with Gasteiger partial charge in [0.25, 0.3) is 0 Å². The van der Waals surface area contributed by atoms with Crippen LogP contribution in [0.5, 0.6) is 0 Å². The number of aryl methyl sites for hydroxylation is 3. The molecule has 9 rings (SSSR count). The van der Waals surface area contributed by atoms with Crippen LogP contribution in [0.2, 0.25) is 0 Å². The second kappa shape index (κ2) is 23.7. The van der Waals surface area contributed by atoms with E-state index in [-0.39, 0.29) is 27.9 Å². The van der Waals surface area contributed by atoms with E-state index in [0.717, 1.165) is 47.3 Å². The summed E-state index contributed by atoms with van der Waals surface area (Å²) in [5.41, 5.74) is 2.38. The molecular formula is C48H50BrF6N15O4S2. The van der Waals surface area contributed by atoms with Gasteiger partial charge in [-0.05, 0) is 119 Å². The molecule has 3 heterocycles. The summed E-state index contributed by atoms with van der Waals surface area (Å²) in [6.45, 7) is 3.16. The Morgan fingerprint density at radius 2 is 0.934 bits per heavy atom. The van der Waals surface area contributed by atoms with Crippen LogP contribution in [-0.2, 0) is 53.2 Å². The van der Waals surface area contributed by atoms with Crippen molar-refractivity contribution in [3.63, 3.8) is 0 Å². The van der Waals surface area contributed by atoms with Crippen LogP contribution in [0.1, 0.15) is 57.1 Å². The molecule has 0 amide bonds. The largest absolute Gasteiger partial charge is 0.416 e. The second-order valence-electron chi connectivity index (χ2n) is 17.1. The molecular weight excluding hydrogens is 1110 g/mol. The zero-order valence-corrected chi connectivity index (χ0v) is 44.5. The van der Waals surface area contributed by atoms with Crippen LogP contribution >= 0.6 is 15.9 Å². The zero-order valence-electron chi connectivity index (χ0n) is 41.3. The summed E-state index contributed by atoms with van der Waals surface area (Å²) in [5, 5.41) is 45.1. The summed E-state index contributed by atoms with van der Waals surface area (Å²) in [7, 11) is -1.91. The van der Waals surface area contributed by atoms with Gasteiger partial charge in [-0.25, -0.2) is 16.8 Å². The van der Waals surface area contributed by atoms with Crippen molar-refractivity contribution < 1.29 is 43.2 Å². The maximum Gasteiger partial charge on any atom is 0.416 e. The van der Waals surface area contributed by atoms with Gasteiger partial charge in [0, 0.05) is 55.6 Å². The van der Waals surface area contributed by atoms with Crippen LogP contribution in [0.15, 0.2) is 117 Å². The molecule has 1 aliphatic carbocycles. The number of nitrogens with zero attached hydrogens (tertiary/aromatic N) is 12. The van der Waals surface area contributed by atoms with Gasteiger partial charge in [0.2, 0.25) is 17.5 Å². The van der Waals surface area contributed by atoms with Gasteiger partial charge in [0.1, 0.15) is 0 Å². The molecule has 1 fully saturated rings. The first kappa shape index (κ1) is 56.4. The Balaban J connectivity index is 0.000000167. The zero-order chi connectivity index (χ0) is 55.0. The van der Waals surface area contributed by atoms with Crippen molar-refractivity contribution in [2.45, 2.75) is 74.1 Å². The summed E-state index contributed by atoms with van der Waals surface area (Å²) >= 11 is 3.36. The number of nitrogens with one attached hydrogen (secondary N) is 3. The van der Waals surface area contributed by atoms with Gasteiger partial charge in [-0.15, -0.1) is 30.6 Å². The number of hydrogen-bond acceptors (Lipinski definition) is 16. The first-order valence-corrected chi connectivity index (χ1v) is 27.4. The minimum absolute atomic E-state index is 0.0621. The highest BCUT2D eigenvalue weighted by Crippen LogP contribution is 2.37. The molecule has 0 aliphatic heterocycles. The number of tetrazole rings is 3. The maximum absolute atomic E-state index is 13.0. The molecule has 0 spiro atoms. The van der Waals surface area contributed by atoms with Crippen LogP contribution < -0.4 is 16.0 Å². The minimum Gasteiger partial charge on any atom is -0.382 e. The van der Waals surface area contributed by atoms with E-state index in [1.807, 2.05) is 6.07 Å². The topological polar surface area (TPSA) is 235 Å². The molecule has 5 aromatic carbocycles. The number of anilines is 5. The average molecular weight is 1160 g/mol. The lowest BCUT2D eigenvalue weighted by Gasteiger charge is -2.25. The van der Waals surface area contributed by atoms with Crippen molar-refractivity contribution in [1.82, 2.24) is 60.6 Å². The molecule has 0 radical (unpaired) electrons. The highest BCUT2D eigenvalue weighted by Gasteiger charge is 2.32. The predicted molar refractivity (Wildman–Crippen MR) is 276 cm³/mol. The second-order valence-corrected chi connectivity index (χ2v) is 22.6. The Morgan fingerprint density at radius 3 is 1.33 bits per heavy atom. The van der Waals surface area contributed by atoms with Crippen molar-refractivity contribution in [2.24, 2.45) is 21.1 Å². The van der Waals surface area contributed by atoms with E-state index >= 15 is 0 Å². The lowest BCUT2D eigenvalue weighted by Crippen LogP contribution is -2.22. The molecule has 19 nitrogen and oxygen atoms in total. The van der Waals surface area contributed by atoms with E-state index in [1.165, 1.54) is 77.0 Å². The minimum atomic E-state index is -4.48. The van der Waals surface area contributed by atoms with E-state index in [1.54, 1.807) is 64.5 Å². The van der Waals surface area contributed by atoms with Gasteiger partial charge in [0.15, 0.2) is 19.7 Å². The quantitative estimate of drug-likeness (QED) is 0.0911. The smallest absolute Gasteiger partial charge is 0.382 e. The van der Waals surface area contributed by atoms with E-state index in [4.69, 9.17) is 0 Å². The number of aromatic nitrogens is 12. The summed E-state index contributed by atoms with van der Waals surface area (Å²) in [4.78, 5) is 4.24. The SMILES string of the molecule is CCS(=O)(=O)c1ccc(NC2CCCCC2)c(-c2nnn(C)n2)c1.CCS(=O)(=O)c1ccc(Nc2cccc(C(F)(F)F)c2)c(-c2nnn(C)n2)c1.Cn1nnc(-c2cc(Br)ccc2Nc2cccc(C(F)(F)F)c2)n1. The van der Waals surface area contributed by atoms with Crippen molar-refractivity contribution in [3.8, 4) is 34.2 Å². The lowest BCUT2D eigenvalue weighted by atomic mass is 9.95. The van der Waals surface area contributed by atoms with Gasteiger partial charge in [-0.2, -0.15) is 40.7 Å². The van der Waals surface area contributed by atoms with Crippen molar-refractivity contribution in [2.75, 3.05) is 27.5 Å². The van der Waals surface area contributed by atoms with Crippen molar-refractivity contribution in [3.05, 3.63) is 119 Å². The highest BCUT2D eigenvalue weighted by atomic mass is 79.9. The number of halogens is 7. The molecule has 0 unspecified atom stereocenters. The Bertz CT molecular complexity index is 3530. The first-order chi connectivity index (χ1) is 35.9. The number of rotatable bonds is 13. The molecule has 402 valence electrons. The van der Waals surface area contributed by atoms with Crippen LogP contribution in [0.25, 0.3) is 34.2 Å². The Hall–Kier alpha value is -7.33. The average Bonchev–Trinajstić information content (AvgIpc) is 4.16. The Kier molecular flexibility index (Phi) is 17.6. The number of hydrogen-bond donors (Lipinski definition) is 3. The fourth-order valence-corrected chi connectivity index (χ4v) is 9.86. The van der Waals surface area contributed by atoms with Crippen molar-refractivity contribution in [1.29, 1.82) is 0 Å². The molecule has 3 aromatic heterocycles. The maximum atomic E-state index is 13.0. The summed E-state index contributed by atoms with van der Waals surface area (Å²) in [5.74, 6) is 0.915. The Morgan fingerprint density at radius 1 is 0.539 bits per heavy atom. The standard InChI is InChI=1S/C17H16F3N5O2S.C16H23N5O2S.C15H11BrF3N5/c1-3-28(26,27)13-7-8-15(14(10-13)16-22-24-25(2)23-16)21-12-6-4-5-11(9-12)17(18,19)20;1-3-24(22,23)13-9-10-15(17-12-7-5-4-6-8-12)14(11-13)16-18-20-21(2)19-16;1-24-22-14(21-23-24)12-8-10(16)5-6-13(12)20-11-4-2-3-9(7-11)15(17,18)19/h4-10,21H,3H2,1-2H3;9-12,17H,3-8H2,1-2H3;2-8,20H,1H3. The molecule has 3 N–H and O–H groups in total. The van der Waals surface area contributed by atoms with Crippen LogP contribution in [-0.4, -0.2) is 95.0 Å². The first-order valence-electron chi connectivity index (χ1n) is 23.3. The van der Waals surface area contributed by atoms with Gasteiger partial charge in [-0.1, -0.05) is 61.2 Å². The van der Waals surface area contributed by atoms with E-state index in [0.29, 0.717) is 56.3 Å². The van der Waals surface area contributed by atoms with Gasteiger partial charge < -0.3 is 16.0 Å². The third-order valence-corrected chi connectivity index (χ3v) is 15.6. The fourth-order valence-electron chi connectivity index (χ4n) is 7.68. The molecule has 28 heteroatoms. The van der Waals surface area contributed by atoms with Crippen molar-refractivity contribution >= 4 is 64.0 Å². The van der Waals surface area contributed by atoms with E-state index in [2.05, 4.69) is 78.1 Å². The van der Waals surface area contributed by atoms with Crippen LogP contribution in [0.4, 0.5) is 54.8 Å². The summed E-state index contributed by atoms with van der Waals surface area (Å²) < 4.78 is 127. The lowest BCUT2D eigenvalue weighted by molar-refractivity contribution is -0.138. The third-order valence-electron chi connectivity index (χ3n) is 11.6. The normalized spacial score (nSPS) is 13.3. The van der Waals surface area contributed by atoms with Gasteiger partial charge in [0.05, 0.1) is 53.6 Å². The summed E-state index contributed by atoms with van der Waals surface area (Å²) in [6.07, 6.45) is -2.90. The van der Waals surface area contributed by atoms with Gasteiger partial charge in [-0.3, -0.25) is 0 Å². The predicted octanol–water partition coefficient (Wildman–Crippen LogP) is 10.3. The summed E-state index contributed by atoms with van der Waals surface area (Å²) in [6, 6.07) is 24.7. The number of benzene rings is 5. The third kappa shape index (κ3) is 14.5.